The summed E-state index contributed by atoms with van der Waals surface area (Å²) in [5.74, 6) is -0.838. The number of hydrogen-bond acceptors (Lipinski definition) is 4. The molecule has 2 aromatic carbocycles. The first-order valence-electron chi connectivity index (χ1n) is 9.94. The van der Waals surface area contributed by atoms with Crippen LogP contribution in [0.4, 0.5) is 4.39 Å². The number of aromatic nitrogens is 4. The lowest BCUT2D eigenvalue weighted by Crippen LogP contribution is -2.27. The molecule has 1 aliphatic heterocycles. The van der Waals surface area contributed by atoms with Gasteiger partial charge in [0, 0.05) is 42.0 Å². The van der Waals surface area contributed by atoms with Crippen molar-refractivity contribution in [3.05, 3.63) is 88.8 Å². The molecule has 0 spiro atoms. The maximum absolute atomic E-state index is 14.5. The van der Waals surface area contributed by atoms with Gasteiger partial charge in [-0.2, -0.15) is 15.3 Å². The summed E-state index contributed by atoms with van der Waals surface area (Å²) in [6, 6.07) is 12.6. The van der Waals surface area contributed by atoms with Gasteiger partial charge >= 0.3 is 0 Å². The van der Waals surface area contributed by atoms with Crippen LogP contribution in [0.5, 0.6) is 0 Å². The number of carbonyl (C=O) groups is 1. The van der Waals surface area contributed by atoms with Gasteiger partial charge in [-0.25, -0.2) is 4.39 Å². The van der Waals surface area contributed by atoms with E-state index in [4.69, 9.17) is 0 Å². The second kappa shape index (κ2) is 7.33. The van der Waals surface area contributed by atoms with Crippen molar-refractivity contribution in [2.45, 2.75) is 33.0 Å². The van der Waals surface area contributed by atoms with Gasteiger partial charge in [-0.05, 0) is 24.6 Å². The molecule has 2 aromatic heterocycles. The lowest BCUT2D eigenvalue weighted by molar-refractivity contribution is 0.0744. The van der Waals surface area contributed by atoms with E-state index in [-0.39, 0.29) is 11.5 Å². The van der Waals surface area contributed by atoms with Gasteiger partial charge in [0.05, 0.1) is 29.7 Å². The molecular formula is C23H20FN5O. The number of nitrogens with zero attached hydrogens (tertiary/aromatic N) is 5. The Kier molecular flexibility index (Phi) is 4.50. The fourth-order valence-corrected chi connectivity index (χ4v) is 3.94. The molecule has 4 aromatic rings. The zero-order valence-corrected chi connectivity index (χ0v) is 16.5. The third kappa shape index (κ3) is 3.22. The Morgan fingerprint density at radius 3 is 2.87 bits per heavy atom. The summed E-state index contributed by atoms with van der Waals surface area (Å²) < 4.78 is 16.4. The van der Waals surface area contributed by atoms with Crippen LogP contribution in [-0.4, -0.2) is 30.8 Å². The minimum Gasteiger partial charge on any atom is -0.328 e. The number of hydrogen-bond donors (Lipinski definition) is 0. The molecule has 1 amide bonds. The Morgan fingerprint density at radius 2 is 2.03 bits per heavy atom. The summed E-state index contributed by atoms with van der Waals surface area (Å²) in [6.07, 6.45) is 4.15. The molecule has 0 saturated carbocycles. The highest BCUT2D eigenvalue weighted by atomic mass is 19.1. The largest absolute Gasteiger partial charge is 0.328 e. The van der Waals surface area contributed by atoms with Crippen LogP contribution in [0.1, 0.15) is 39.8 Å². The van der Waals surface area contributed by atoms with E-state index < -0.39 is 5.82 Å². The van der Waals surface area contributed by atoms with E-state index in [1.165, 1.54) is 6.07 Å². The lowest BCUT2D eigenvalue weighted by Gasteiger charge is -2.17. The standard InChI is InChI=1S/C23H20FN5O/c1-2-29-13-17-12-28(14-22(17)27-29)23(30)19-9-15(7-8-20(19)24)10-21-18-6-4-3-5-16(18)11-25-26-21/h3-9,11,13H,2,10,12,14H2,1H3. The van der Waals surface area contributed by atoms with Crippen molar-refractivity contribution >= 4 is 16.7 Å². The number of fused-ring (bicyclic) bond motifs is 2. The molecule has 150 valence electrons. The third-order valence-corrected chi connectivity index (χ3v) is 5.52. The highest BCUT2D eigenvalue weighted by Gasteiger charge is 2.28. The molecule has 3 heterocycles. The minimum atomic E-state index is -0.518. The van der Waals surface area contributed by atoms with E-state index in [0.717, 1.165) is 39.8 Å². The van der Waals surface area contributed by atoms with Crippen LogP contribution in [0.25, 0.3) is 10.8 Å². The Balaban J connectivity index is 1.41. The number of halogens is 1. The molecule has 0 unspecified atom stereocenters. The van der Waals surface area contributed by atoms with Crippen molar-refractivity contribution in [3.8, 4) is 0 Å². The molecule has 0 aliphatic carbocycles. The van der Waals surface area contributed by atoms with Crippen LogP contribution in [-0.2, 0) is 26.1 Å². The molecule has 0 fully saturated rings. The molecule has 0 atom stereocenters. The van der Waals surface area contributed by atoms with Gasteiger partial charge in [-0.3, -0.25) is 9.48 Å². The average Bonchev–Trinajstić information content (AvgIpc) is 3.34. The molecule has 0 saturated heterocycles. The van der Waals surface area contributed by atoms with E-state index in [2.05, 4.69) is 15.3 Å². The summed E-state index contributed by atoms with van der Waals surface area (Å²) in [6.45, 7) is 3.66. The van der Waals surface area contributed by atoms with Gasteiger partial charge in [-0.15, -0.1) is 0 Å². The first-order valence-corrected chi connectivity index (χ1v) is 9.94. The van der Waals surface area contributed by atoms with E-state index in [9.17, 15) is 9.18 Å². The molecule has 0 N–H and O–H groups in total. The number of benzene rings is 2. The van der Waals surface area contributed by atoms with E-state index >= 15 is 0 Å². The normalized spacial score (nSPS) is 13.1. The van der Waals surface area contributed by atoms with E-state index in [1.807, 2.05) is 42.1 Å². The Labute approximate surface area is 173 Å². The number of carbonyl (C=O) groups excluding carboxylic acids is 1. The average molecular weight is 401 g/mol. The van der Waals surface area contributed by atoms with Crippen molar-refractivity contribution in [2.75, 3.05) is 0 Å². The van der Waals surface area contributed by atoms with E-state index in [0.29, 0.717) is 19.5 Å². The van der Waals surface area contributed by atoms with Crippen LogP contribution >= 0.6 is 0 Å². The maximum Gasteiger partial charge on any atom is 0.257 e. The zero-order valence-electron chi connectivity index (χ0n) is 16.5. The SMILES string of the molecule is CCn1cc2c(n1)CN(C(=O)c1cc(Cc3nncc4ccccc34)ccc1F)C2. The molecule has 5 rings (SSSR count). The Hall–Kier alpha value is -3.61. The first kappa shape index (κ1) is 18.4. The highest BCUT2D eigenvalue weighted by Crippen LogP contribution is 2.25. The van der Waals surface area contributed by atoms with Crippen molar-refractivity contribution in [3.63, 3.8) is 0 Å². The summed E-state index contributed by atoms with van der Waals surface area (Å²) in [5, 5.41) is 14.8. The lowest BCUT2D eigenvalue weighted by atomic mass is 10.0. The van der Waals surface area contributed by atoms with Crippen molar-refractivity contribution in [1.29, 1.82) is 0 Å². The van der Waals surface area contributed by atoms with Gasteiger partial charge < -0.3 is 4.90 Å². The molecular weight excluding hydrogens is 381 g/mol. The molecule has 7 heteroatoms. The van der Waals surface area contributed by atoms with Crippen LogP contribution < -0.4 is 0 Å². The summed E-state index contributed by atoms with van der Waals surface area (Å²) in [7, 11) is 0. The second-order valence-corrected chi connectivity index (χ2v) is 7.49. The highest BCUT2D eigenvalue weighted by molar-refractivity contribution is 5.95. The monoisotopic (exact) mass is 401 g/mol. The summed E-state index contributed by atoms with van der Waals surface area (Å²) in [4.78, 5) is 14.7. The van der Waals surface area contributed by atoms with Gasteiger partial charge in [0.2, 0.25) is 0 Å². The summed E-state index contributed by atoms with van der Waals surface area (Å²) >= 11 is 0. The minimum absolute atomic E-state index is 0.0780. The van der Waals surface area contributed by atoms with Crippen LogP contribution in [0.15, 0.2) is 54.9 Å². The number of amides is 1. The first-order chi connectivity index (χ1) is 14.6. The van der Waals surface area contributed by atoms with Crippen LogP contribution in [0.2, 0.25) is 0 Å². The topological polar surface area (TPSA) is 63.9 Å². The molecule has 1 aliphatic rings. The van der Waals surface area contributed by atoms with Gasteiger partial charge in [-0.1, -0.05) is 30.3 Å². The molecule has 6 nitrogen and oxygen atoms in total. The Morgan fingerprint density at radius 1 is 1.17 bits per heavy atom. The summed E-state index contributed by atoms with van der Waals surface area (Å²) in [5.41, 5.74) is 3.60. The van der Waals surface area contributed by atoms with Gasteiger partial charge in [0.15, 0.2) is 0 Å². The van der Waals surface area contributed by atoms with Crippen molar-refractivity contribution in [1.82, 2.24) is 24.9 Å². The fourth-order valence-electron chi connectivity index (χ4n) is 3.94. The molecule has 0 radical (unpaired) electrons. The van der Waals surface area contributed by atoms with Gasteiger partial charge in [0.25, 0.3) is 5.91 Å². The fraction of sp³-hybridized carbons (Fsp3) is 0.217. The quantitative estimate of drug-likeness (QED) is 0.523. The van der Waals surface area contributed by atoms with Crippen LogP contribution in [0, 0.1) is 5.82 Å². The van der Waals surface area contributed by atoms with Crippen molar-refractivity contribution in [2.24, 2.45) is 0 Å². The predicted octanol–water partition coefficient (Wildman–Crippen LogP) is 3.73. The van der Waals surface area contributed by atoms with E-state index in [1.54, 1.807) is 23.2 Å². The molecule has 30 heavy (non-hydrogen) atoms. The smallest absolute Gasteiger partial charge is 0.257 e. The van der Waals surface area contributed by atoms with Crippen LogP contribution in [0.3, 0.4) is 0 Å². The number of aryl methyl sites for hydroxylation is 1. The Bertz CT molecular complexity index is 1240. The van der Waals surface area contributed by atoms with Gasteiger partial charge in [0.1, 0.15) is 5.82 Å². The second-order valence-electron chi connectivity index (χ2n) is 7.49. The molecule has 0 bridgehead atoms. The maximum atomic E-state index is 14.5. The predicted molar refractivity (Wildman–Crippen MR) is 110 cm³/mol. The third-order valence-electron chi connectivity index (χ3n) is 5.52. The number of rotatable bonds is 4. The van der Waals surface area contributed by atoms with Crippen molar-refractivity contribution < 1.29 is 9.18 Å². The zero-order chi connectivity index (χ0) is 20.7.